The first-order valence-corrected chi connectivity index (χ1v) is 6.30. The fourth-order valence-corrected chi connectivity index (χ4v) is 2.56. The number of benzene rings is 1. The summed E-state index contributed by atoms with van der Waals surface area (Å²) in [5.41, 5.74) is 0.501. The topological polar surface area (TPSA) is 32.3 Å². The normalized spacial score (nSPS) is 20.5. The third-order valence-electron chi connectivity index (χ3n) is 3.03. The summed E-state index contributed by atoms with van der Waals surface area (Å²) in [6.07, 6.45) is 1.93. The van der Waals surface area contributed by atoms with Crippen molar-refractivity contribution in [2.75, 3.05) is 18.9 Å². The van der Waals surface area contributed by atoms with Crippen LogP contribution in [0.1, 0.15) is 12.8 Å². The highest BCUT2D eigenvalue weighted by molar-refractivity contribution is 6.39. The average Bonchev–Trinajstić information content (AvgIpc) is 2.70. The Hall–Kier alpha value is -0.770. The minimum Gasteiger partial charge on any atom is -0.322 e. The molecule has 3 nitrogen and oxygen atoms in total. The molecule has 0 radical (unpaired) electrons. The minimum atomic E-state index is -0.0812. The predicted octanol–water partition coefficient (Wildman–Crippen LogP) is 3.03. The third-order valence-corrected chi connectivity index (χ3v) is 3.66. The summed E-state index contributed by atoms with van der Waals surface area (Å²) in [5, 5.41) is 3.74. The van der Waals surface area contributed by atoms with Crippen molar-refractivity contribution in [2.45, 2.75) is 18.9 Å². The van der Waals surface area contributed by atoms with Crippen LogP contribution in [0.15, 0.2) is 18.2 Å². The van der Waals surface area contributed by atoms with Crippen molar-refractivity contribution in [1.82, 2.24) is 4.90 Å². The molecule has 1 aromatic carbocycles. The molecular formula is C12H14Cl2N2O. The lowest BCUT2D eigenvalue weighted by Crippen LogP contribution is -2.37. The number of para-hydroxylation sites is 1. The van der Waals surface area contributed by atoms with E-state index in [-0.39, 0.29) is 11.9 Å². The molecule has 1 N–H and O–H groups in total. The van der Waals surface area contributed by atoms with Crippen LogP contribution in [0.25, 0.3) is 0 Å². The summed E-state index contributed by atoms with van der Waals surface area (Å²) in [5.74, 6) is -0.0417. The Kier molecular flexibility index (Phi) is 3.92. The number of likely N-dealkylation sites (tertiary alicyclic amines) is 1. The van der Waals surface area contributed by atoms with Gasteiger partial charge in [0.05, 0.1) is 21.8 Å². The van der Waals surface area contributed by atoms with E-state index in [0.29, 0.717) is 15.7 Å². The Morgan fingerprint density at radius 3 is 2.59 bits per heavy atom. The monoisotopic (exact) mass is 272 g/mol. The summed E-state index contributed by atoms with van der Waals surface area (Å²) < 4.78 is 0. The van der Waals surface area contributed by atoms with Crippen molar-refractivity contribution in [1.29, 1.82) is 0 Å². The van der Waals surface area contributed by atoms with Gasteiger partial charge in [-0.3, -0.25) is 9.69 Å². The van der Waals surface area contributed by atoms with Crippen molar-refractivity contribution >= 4 is 34.8 Å². The molecule has 1 heterocycles. The number of nitrogens with zero attached hydrogens (tertiary/aromatic N) is 1. The van der Waals surface area contributed by atoms with Crippen molar-refractivity contribution in [3.63, 3.8) is 0 Å². The number of amides is 1. The first kappa shape index (κ1) is 12.7. The summed E-state index contributed by atoms with van der Waals surface area (Å²) in [6, 6.07) is 5.09. The van der Waals surface area contributed by atoms with Crippen LogP contribution in [-0.4, -0.2) is 30.4 Å². The van der Waals surface area contributed by atoms with Gasteiger partial charge in [0.2, 0.25) is 5.91 Å². The van der Waals surface area contributed by atoms with Crippen LogP contribution in [0.2, 0.25) is 10.0 Å². The van der Waals surface area contributed by atoms with Gasteiger partial charge < -0.3 is 5.32 Å². The second-order valence-corrected chi connectivity index (χ2v) is 5.04. The molecule has 1 aliphatic rings. The van der Waals surface area contributed by atoms with Gasteiger partial charge in [-0.25, -0.2) is 0 Å². The third kappa shape index (κ3) is 2.73. The molecule has 0 aliphatic carbocycles. The van der Waals surface area contributed by atoms with E-state index in [1.807, 2.05) is 11.9 Å². The zero-order valence-corrected chi connectivity index (χ0v) is 11.1. The van der Waals surface area contributed by atoms with Gasteiger partial charge in [0.1, 0.15) is 0 Å². The molecule has 2 rings (SSSR count). The summed E-state index contributed by atoms with van der Waals surface area (Å²) >= 11 is 12.0. The van der Waals surface area contributed by atoms with Crippen molar-refractivity contribution in [3.8, 4) is 0 Å². The number of hydrogen-bond acceptors (Lipinski definition) is 2. The zero-order valence-electron chi connectivity index (χ0n) is 9.54. The van der Waals surface area contributed by atoms with Gasteiger partial charge >= 0.3 is 0 Å². The number of likely N-dealkylation sites (N-methyl/N-ethyl adjacent to an activating group) is 1. The van der Waals surface area contributed by atoms with Gasteiger partial charge in [-0.05, 0) is 38.6 Å². The number of hydrogen-bond donors (Lipinski definition) is 1. The predicted molar refractivity (Wildman–Crippen MR) is 70.7 cm³/mol. The molecule has 1 fully saturated rings. The maximum Gasteiger partial charge on any atom is 0.241 e. The van der Waals surface area contributed by atoms with Gasteiger partial charge in [-0.2, -0.15) is 0 Å². The lowest BCUT2D eigenvalue weighted by Gasteiger charge is -2.19. The molecule has 1 unspecified atom stereocenters. The standard InChI is InChI=1S/C12H14Cl2N2O/c1-16-7-3-6-10(16)12(17)15-11-8(13)4-2-5-9(11)14/h2,4-5,10H,3,6-7H2,1H3,(H,15,17). The summed E-state index contributed by atoms with van der Waals surface area (Å²) in [4.78, 5) is 14.1. The van der Waals surface area contributed by atoms with Gasteiger partial charge in [-0.15, -0.1) is 0 Å². The number of rotatable bonds is 2. The van der Waals surface area contributed by atoms with E-state index in [2.05, 4.69) is 5.32 Å². The molecule has 1 aliphatic heterocycles. The second kappa shape index (κ2) is 5.25. The molecule has 5 heteroatoms. The van der Waals surface area contributed by atoms with Crippen LogP contribution >= 0.6 is 23.2 Å². The molecule has 0 bridgehead atoms. The molecule has 1 atom stereocenters. The quantitative estimate of drug-likeness (QED) is 0.898. The largest absolute Gasteiger partial charge is 0.322 e. The van der Waals surface area contributed by atoms with E-state index < -0.39 is 0 Å². The van der Waals surface area contributed by atoms with Crippen LogP contribution in [0.5, 0.6) is 0 Å². The molecule has 92 valence electrons. The molecule has 0 spiro atoms. The Bertz CT molecular complexity index is 416. The van der Waals surface area contributed by atoms with E-state index in [0.717, 1.165) is 19.4 Å². The Labute approximate surface area is 111 Å². The highest BCUT2D eigenvalue weighted by atomic mass is 35.5. The number of carbonyl (C=O) groups excluding carboxylic acids is 1. The second-order valence-electron chi connectivity index (χ2n) is 4.22. The smallest absolute Gasteiger partial charge is 0.241 e. The molecule has 1 amide bonds. The first-order chi connectivity index (χ1) is 8.09. The lowest BCUT2D eigenvalue weighted by molar-refractivity contribution is -0.119. The molecule has 1 aromatic rings. The van der Waals surface area contributed by atoms with E-state index in [1.165, 1.54) is 0 Å². The van der Waals surface area contributed by atoms with Crippen LogP contribution in [-0.2, 0) is 4.79 Å². The van der Waals surface area contributed by atoms with Crippen LogP contribution < -0.4 is 5.32 Å². The van der Waals surface area contributed by atoms with Gasteiger partial charge in [0, 0.05) is 0 Å². The highest BCUT2D eigenvalue weighted by Crippen LogP contribution is 2.30. The molecule has 0 aromatic heterocycles. The maximum atomic E-state index is 12.1. The Morgan fingerprint density at radius 1 is 1.41 bits per heavy atom. The van der Waals surface area contributed by atoms with E-state index >= 15 is 0 Å². The van der Waals surface area contributed by atoms with Gasteiger partial charge in [0.15, 0.2) is 0 Å². The lowest BCUT2D eigenvalue weighted by atomic mass is 10.2. The van der Waals surface area contributed by atoms with Crippen LogP contribution in [0, 0.1) is 0 Å². The fraction of sp³-hybridized carbons (Fsp3) is 0.417. The van der Waals surface area contributed by atoms with Gasteiger partial charge in [-0.1, -0.05) is 29.3 Å². The molecular weight excluding hydrogens is 259 g/mol. The number of nitrogens with one attached hydrogen (secondary N) is 1. The molecule has 0 saturated carbocycles. The number of carbonyl (C=O) groups is 1. The average molecular weight is 273 g/mol. The Balaban J connectivity index is 2.13. The number of anilines is 1. The van der Waals surface area contributed by atoms with Crippen molar-refractivity contribution < 1.29 is 4.79 Å². The van der Waals surface area contributed by atoms with E-state index in [9.17, 15) is 4.79 Å². The SMILES string of the molecule is CN1CCCC1C(=O)Nc1c(Cl)cccc1Cl. The van der Waals surface area contributed by atoms with Crippen molar-refractivity contribution in [2.24, 2.45) is 0 Å². The first-order valence-electron chi connectivity index (χ1n) is 5.54. The Morgan fingerprint density at radius 2 is 2.06 bits per heavy atom. The summed E-state index contributed by atoms with van der Waals surface area (Å²) in [6.45, 7) is 0.953. The molecule has 17 heavy (non-hydrogen) atoms. The summed E-state index contributed by atoms with van der Waals surface area (Å²) in [7, 11) is 1.95. The number of halogens is 2. The highest BCUT2D eigenvalue weighted by Gasteiger charge is 2.28. The van der Waals surface area contributed by atoms with Crippen LogP contribution in [0.3, 0.4) is 0 Å². The van der Waals surface area contributed by atoms with Crippen molar-refractivity contribution in [3.05, 3.63) is 28.2 Å². The van der Waals surface area contributed by atoms with Crippen LogP contribution in [0.4, 0.5) is 5.69 Å². The van der Waals surface area contributed by atoms with E-state index in [1.54, 1.807) is 18.2 Å². The minimum absolute atomic E-state index is 0.0417. The van der Waals surface area contributed by atoms with Gasteiger partial charge in [0.25, 0.3) is 0 Å². The maximum absolute atomic E-state index is 12.1. The fourth-order valence-electron chi connectivity index (χ4n) is 2.07. The zero-order chi connectivity index (χ0) is 12.4. The molecule has 1 saturated heterocycles. The van der Waals surface area contributed by atoms with E-state index in [4.69, 9.17) is 23.2 Å².